The summed E-state index contributed by atoms with van der Waals surface area (Å²) in [5.74, 6) is 4.78. The number of rotatable bonds is 9. The third-order valence-electron chi connectivity index (χ3n) is 2.39. The molecule has 0 spiro atoms. The predicted molar refractivity (Wildman–Crippen MR) is 81.7 cm³/mol. The van der Waals surface area contributed by atoms with E-state index in [2.05, 4.69) is 11.2 Å². The molecule has 2 N–H and O–H groups in total. The van der Waals surface area contributed by atoms with Crippen molar-refractivity contribution in [2.24, 2.45) is 0 Å². The minimum Gasteiger partial charge on any atom is -0.491 e. The van der Waals surface area contributed by atoms with Gasteiger partial charge in [-0.15, -0.1) is 18.2 Å². The lowest BCUT2D eigenvalue weighted by Gasteiger charge is -2.13. The summed E-state index contributed by atoms with van der Waals surface area (Å²) in [6, 6.07) is 8.91. The molecular weight excluding hydrogens is 272 g/mol. The topological polar surface area (TPSA) is 65.3 Å². The molecule has 0 saturated carbocycles. The van der Waals surface area contributed by atoms with Crippen molar-refractivity contribution in [3.05, 3.63) is 29.8 Å². The van der Waals surface area contributed by atoms with E-state index < -0.39 is 6.10 Å². The number of aliphatic hydroxyl groups is 1. The number of nitrogens with one attached hydrogen (secondary N) is 1. The van der Waals surface area contributed by atoms with Crippen LogP contribution in [0.4, 0.5) is 0 Å². The maximum atomic E-state index is 9.75. The number of terminal acetylenes is 1. The molecule has 0 amide bonds. The van der Waals surface area contributed by atoms with Gasteiger partial charge >= 0.3 is 0 Å². The van der Waals surface area contributed by atoms with Gasteiger partial charge in [-0.25, -0.2) is 0 Å². The van der Waals surface area contributed by atoms with Crippen LogP contribution in [0.3, 0.4) is 0 Å². The molecule has 5 heteroatoms. The average molecular weight is 290 g/mol. The lowest BCUT2D eigenvalue weighted by atomic mass is 10.2. The molecule has 0 aromatic heterocycles. The molecule has 0 bridgehead atoms. The second-order valence-corrected chi connectivity index (χ2v) is 5.17. The first-order chi connectivity index (χ1) is 9.76. The summed E-state index contributed by atoms with van der Waals surface area (Å²) in [4.78, 5) is 0. The van der Waals surface area contributed by atoms with Gasteiger partial charge in [-0.3, -0.25) is 0 Å². The van der Waals surface area contributed by atoms with E-state index in [1.807, 2.05) is 6.07 Å². The Morgan fingerprint density at radius 3 is 3.10 bits per heavy atom. The van der Waals surface area contributed by atoms with Crippen molar-refractivity contribution in [3.8, 4) is 24.2 Å². The standard InChI is InChI=1S/C15H18N2O2S/c1-2-7-20-8-6-17-11-14(18)12-19-15-5-3-4-13(9-15)10-16/h1,3-5,9,14,17-18H,6-8,11-12H2. The van der Waals surface area contributed by atoms with Crippen LogP contribution in [-0.2, 0) is 0 Å². The van der Waals surface area contributed by atoms with E-state index in [0.29, 0.717) is 23.6 Å². The molecule has 0 aliphatic heterocycles. The molecule has 0 saturated heterocycles. The van der Waals surface area contributed by atoms with E-state index in [-0.39, 0.29) is 6.61 Å². The maximum absolute atomic E-state index is 9.75. The van der Waals surface area contributed by atoms with E-state index in [9.17, 15) is 5.11 Å². The number of nitrogens with zero attached hydrogens (tertiary/aromatic N) is 1. The number of thioether (sulfide) groups is 1. The zero-order valence-corrected chi connectivity index (χ0v) is 12.0. The van der Waals surface area contributed by atoms with Gasteiger partial charge < -0.3 is 15.2 Å². The molecule has 1 aromatic carbocycles. The third kappa shape index (κ3) is 7.06. The zero-order chi connectivity index (χ0) is 14.6. The molecule has 0 aliphatic rings. The fraction of sp³-hybridized carbons (Fsp3) is 0.400. The highest BCUT2D eigenvalue weighted by atomic mass is 32.2. The highest BCUT2D eigenvalue weighted by Gasteiger charge is 2.05. The van der Waals surface area contributed by atoms with Crippen molar-refractivity contribution in [2.45, 2.75) is 6.10 Å². The van der Waals surface area contributed by atoms with Gasteiger partial charge in [0.1, 0.15) is 18.5 Å². The van der Waals surface area contributed by atoms with Gasteiger partial charge in [-0.2, -0.15) is 5.26 Å². The normalized spacial score (nSPS) is 11.3. The Morgan fingerprint density at radius 2 is 2.35 bits per heavy atom. The number of ether oxygens (including phenoxy) is 1. The van der Waals surface area contributed by atoms with Crippen LogP contribution in [0.5, 0.6) is 5.75 Å². The summed E-state index contributed by atoms with van der Waals surface area (Å²) in [5.41, 5.74) is 0.542. The SMILES string of the molecule is C#CCSCCNCC(O)COc1cccc(C#N)c1. The Balaban J connectivity index is 2.15. The fourth-order valence-electron chi connectivity index (χ4n) is 1.45. The van der Waals surface area contributed by atoms with Crippen LogP contribution in [0.25, 0.3) is 0 Å². The van der Waals surface area contributed by atoms with Gasteiger partial charge in [0.25, 0.3) is 0 Å². The van der Waals surface area contributed by atoms with Gasteiger partial charge in [-0.1, -0.05) is 12.0 Å². The van der Waals surface area contributed by atoms with Crippen molar-refractivity contribution >= 4 is 11.8 Å². The first kappa shape index (κ1) is 16.4. The summed E-state index contributed by atoms with van der Waals surface area (Å²) < 4.78 is 5.43. The van der Waals surface area contributed by atoms with Crippen LogP contribution in [0.2, 0.25) is 0 Å². The Labute approximate surface area is 124 Å². The Morgan fingerprint density at radius 1 is 1.50 bits per heavy atom. The lowest BCUT2D eigenvalue weighted by molar-refractivity contribution is 0.107. The van der Waals surface area contributed by atoms with E-state index in [1.165, 1.54) is 0 Å². The molecule has 1 atom stereocenters. The van der Waals surface area contributed by atoms with Crippen LogP contribution in [0.15, 0.2) is 24.3 Å². The first-order valence-corrected chi connectivity index (χ1v) is 7.44. The van der Waals surface area contributed by atoms with Crippen molar-refractivity contribution in [3.63, 3.8) is 0 Å². The Kier molecular flexibility index (Phi) is 8.33. The molecular formula is C15H18N2O2S. The van der Waals surface area contributed by atoms with Gasteiger partial charge in [0.05, 0.1) is 17.4 Å². The fourth-order valence-corrected chi connectivity index (χ4v) is 2.00. The van der Waals surface area contributed by atoms with E-state index in [4.69, 9.17) is 16.4 Å². The molecule has 0 fully saturated rings. The molecule has 106 valence electrons. The Hall–Kier alpha value is -1.66. The van der Waals surface area contributed by atoms with Crippen molar-refractivity contribution in [2.75, 3.05) is 31.2 Å². The lowest BCUT2D eigenvalue weighted by Crippen LogP contribution is -2.32. The second kappa shape index (κ2) is 10.2. The molecule has 1 rings (SSSR count). The van der Waals surface area contributed by atoms with Crippen LogP contribution < -0.4 is 10.1 Å². The van der Waals surface area contributed by atoms with E-state index in [0.717, 1.165) is 12.3 Å². The van der Waals surface area contributed by atoms with Crippen LogP contribution >= 0.6 is 11.8 Å². The number of nitriles is 1. The monoisotopic (exact) mass is 290 g/mol. The highest BCUT2D eigenvalue weighted by Crippen LogP contribution is 2.12. The smallest absolute Gasteiger partial charge is 0.120 e. The summed E-state index contributed by atoms with van der Waals surface area (Å²) in [7, 11) is 0. The summed E-state index contributed by atoms with van der Waals surface area (Å²) >= 11 is 1.68. The minimum absolute atomic E-state index is 0.194. The quantitative estimate of drug-likeness (QED) is 0.529. The summed E-state index contributed by atoms with van der Waals surface area (Å²) in [6.07, 6.45) is 4.55. The minimum atomic E-state index is -0.585. The van der Waals surface area contributed by atoms with Gasteiger partial charge in [0, 0.05) is 18.8 Å². The number of hydrogen-bond acceptors (Lipinski definition) is 5. The molecule has 0 radical (unpaired) electrons. The summed E-state index contributed by atoms with van der Waals surface area (Å²) in [5, 5.41) is 21.6. The highest BCUT2D eigenvalue weighted by molar-refractivity contribution is 7.99. The Bertz CT molecular complexity index is 479. The number of benzene rings is 1. The molecule has 0 aliphatic carbocycles. The first-order valence-electron chi connectivity index (χ1n) is 6.29. The van der Waals surface area contributed by atoms with Gasteiger partial charge in [0.15, 0.2) is 0 Å². The van der Waals surface area contributed by atoms with Gasteiger partial charge in [0.2, 0.25) is 0 Å². The average Bonchev–Trinajstić information content (AvgIpc) is 2.49. The molecule has 0 heterocycles. The van der Waals surface area contributed by atoms with Crippen molar-refractivity contribution in [1.29, 1.82) is 5.26 Å². The van der Waals surface area contributed by atoms with Crippen molar-refractivity contribution < 1.29 is 9.84 Å². The second-order valence-electron chi connectivity index (χ2n) is 4.07. The number of hydrogen-bond donors (Lipinski definition) is 2. The van der Waals surface area contributed by atoms with Crippen LogP contribution in [0, 0.1) is 23.7 Å². The van der Waals surface area contributed by atoms with Gasteiger partial charge in [-0.05, 0) is 18.2 Å². The van der Waals surface area contributed by atoms with Crippen molar-refractivity contribution in [1.82, 2.24) is 5.32 Å². The van der Waals surface area contributed by atoms with Crippen LogP contribution in [-0.4, -0.2) is 42.4 Å². The largest absolute Gasteiger partial charge is 0.491 e. The zero-order valence-electron chi connectivity index (χ0n) is 11.2. The number of aliphatic hydroxyl groups excluding tert-OH is 1. The van der Waals surface area contributed by atoms with E-state index >= 15 is 0 Å². The molecule has 4 nitrogen and oxygen atoms in total. The van der Waals surface area contributed by atoms with E-state index in [1.54, 1.807) is 36.0 Å². The third-order valence-corrected chi connectivity index (χ3v) is 3.26. The molecule has 20 heavy (non-hydrogen) atoms. The van der Waals surface area contributed by atoms with Crippen LogP contribution in [0.1, 0.15) is 5.56 Å². The maximum Gasteiger partial charge on any atom is 0.120 e. The predicted octanol–water partition coefficient (Wildman–Crippen LogP) is 1.25. The molecule has 1 aromatic rings. The summed E-state index contributed by atoms with van der Waals surface area (Å²) in [6.45, 7) is 1.46. The molecule has 1 unspecified atom stereocenters.